The van der Waals surface area contributed by atoms with Crippen molar-refractivity contribution in [3.05, 3.63) is 54.3 Å². The van der Waals surface area contributed by atoms with Crippen molar-refractivity contribution in [2.45, 2.75) is 18.2 Å². The van der Waals surface area contributed by atoms with Crippen molar-refractivity contribution in [2.75, 3.05) is 25.5 Å². The van der Waals surface area contributed by atoms with Crippen LogP contribution in [0.4, 0.5) is 4.39 Å². The molecule has 0 heterocycles. The van der Waals surface area contributed by atoms with E-state index in [0.29, 0.717) is 31.9 Å². The molecule has 0 spiro atoms. The van der Waals surface area contributed by atoms with Gasteiger partial charge in [-0.1, -0.05) is 0 Å². The van der Waals surface area contributed by atoms with Crippen molar-refractivity contribution in [1.82, 2.24) is 5.32 Å². The van der Waals surface area contributed by atoms with Crippen molar-refractivity contribution in [2.24, 2.45) is 0 Å². The Bertz CT molecular complexity index is 647. The molecule has 2 aromatic rings. The number of ether oxygens (including phenoxy) is 2. The van der Waals surface area contributed by atoms with E-state index >= 15 is 0 Å². The van der Waals surface area contributed by atoms with Gasteiger partial charge >= 0.3 is 0 Å². The molecule has 134 valence electrons. The maximum absolute atomic E-state index is 12.8. The number of rotatable bonds is 10. The van der Waals surface area contributed by atoms with Gasteiger partial charge < -0.3 is 14.8 Å². The molecule has 0 aliphatic rings. The first kappa shape index (κ1) is 19.1. The Kier molecular flexibility index (Phi) is 8.12. The molecule has 0 saturated heterocycles. The average Bonchev–Trinajstić information content (AvgIpc) is 2.62. The van der Waals surface area contributed by atoms with Gasteiger partial charge in [-0.3, -0.25) is 4.79 Å². The van der Waals surface area contributed by atoms with Crippen LogP contribution in [0.5, 0.6) is 11.5 Å². The van der Waals surface area contributed by atoms with E-state index < -0.39 is 0 Å². The lowest BCUT2D eigenvalue weighted by atomic mass is 10.3. The molecule has 0 aliphatic carbocycles. The maximum Gasteiger partial charge on any atom is 0.220 e. The molecule has 0 aromatic heterocycles. The molecule has 1 amide bonds. The van der Waals surface area contributed by atoms with Crippen LogP contribution in [0.2, 0.25) is 0 Å². The first-order valence-corrected chi connectivity index (χ1v) is 9.16. The van der Waals surface area contributed by atoms with Crippen LogP contribution >= 0.6 is 11.8 Å². The second-order valence-corrected chi connectivity index (χ2v) is 6.32. The van der Waals surface area contributed by atoms with Crippen molar-refractivity contribution in [3.8, 4) is 11.5 Å². The van der Waals surface area contributed by atoms with Gasteiger partial charge in [-0.15, -0.1) is 11.8 Å². The molecule has 0 radical (unpaired) electrons. The third kappa shape index (κ3) is 7.47. The fraction of sp³-hybridized carbons (Fsp3) is 0.316. The summed E-state index contributed by atoms with van der Waals surface area (Å²) in [5, 5.41) is 2.82. The predicted molar refractivity (Wildman–Crippen MR) is 97.9 cm³/mol. The van der Waals surface area contributed by atoms with Crippen LogP contribution in [0, 0.1) is 5.82 Å². The maximum atomic E-state index is 12.8. The van der Waals surface area contributed by atoms with E-state index in [1.165, 1.54) is 23.9 Å². The standard InChI is InChI=1S/C19H22FNO3S/c1-2-23-16-5-7-17(8-6-16)24-13-12-21-19(22)11-14-25-18-9-3-15(20)4-10-18/h3-10H,2,11-14H2,1H3,(H,21,22). The first-order valence-electron chi connectivity index (χ1n) is 8.18. The summed E-state index contributed by atoms with van der Waals surface area (Å²) in [6.07, 6.45) is 0.408. The van der Waals surface area contributed by atoms with E-state index in [0.717, 1.165) is 16.4 Å². The molecule has 2 rings (SSSR count). The van der Waals surface area contributed by atoms with Crippen molar-refractivity contribution < 1.29 is 18.7 Å². The van der Waals surface area contributed by atoms with Gasteiger partial charge in [0.2, 0.25) is 5.91 Å². The molecular weight excluding hydrogens is 341 g/mol. The normalized spacial score (nSPS) is 10.3. The number of carbonyl (C=O) groups is 1. The monoisotopic (exact) mass is 363 g/mol. The lowest BCUT2D eigenvalue weighted by molar-refractivity contribution is -0.120. The van der Waals surface area contributed by atoms with Crippen LogP contribution in [0.25, 0.3) is 0 Å². The molecule has 0 bridgehead atoms. The van der Waals surface area contributed by atoms with Gasteiger partial charge in [0.25, 0.3) is 0 Å². The van der Waals surface area contributed by atoms with Gasteiger partial charge in [-0.2, -0.15) is 0 Å². The molecule has 0 atom stereocenters. The summed E-state index contributed by atoms with van der Waals surface area (Å²) in [4.78, 5) is 12.7. The number of nitrogens with one attached hydrogen (secondary N) is 1. The van der Waals surface area contributed by atoms with Crippen LogP contribution in [0.3, 0.4) is 0 Å². The Balaban J connectivity index is 1.56. The van der Waals surface area contributed by atoms with Crippen molar-refractivity contribution >= 4 is 17.7 Å². The Morgan fingerprint density at radius 2 is 1.68 bits per heavy atom. The summed E-state index contributed by atoms with van der Waals surface area (Å²) in [5.74, 6) is 1.92. The Labute approximate surface area is 151 Å². The molecule has 4 nitrogen and oxygen atoms in total. The van der Waals surface area contributed by atoms with E-state index in [1.807, 2.05) is 31.2 Å². The number of hydrogen-bond donors (Lipinski definition) is 1. The van der Waals surface area contributed by atoms with E-state index in [1.54, 1.807) is 12.1 Å². The second-order valence-electron chi connectivity index (χ2n) is 5.16. The van der Waals surface area contributed by atoms with Crippen LogP contribution in [-0.2, 0) is 4.79 Å². The zero-order valence-corrected chi connectivity index (χ0v) is 15.0. The first-order chi connectivity index (χ1) is 12.2. The molecular formula is C19H22FNO3S. The minimum absolute atomic E-state index is 0.0232. The highest BCUT2D eigenvalue weighted by Crippen LogP contribution is 2.19. The highest BCUT2D eigenvalue weighted by atomic mass is 32.2. The van der Waals surface area contributed by atoms with Crippen molar-refractivity contribution in [3.63, 3.8) is 0 Å². The zero-order chi connectivity index (χ0) is 17.9. The van der Waals surface area contributed by atoms with Crippen LogP contribution in [0.15, 0.2) is 53.4 Å². The largest absolute Gasteiger partial charge is 0.494 e. The Morgan fingerprint density at radius 1 is 1.04 bits per heavy atom. The minimum Gasteiger partial charge on any atom is -0.494 e. The van der Waals surface area contributed by atoms with Gasteiger partial charge in [0, 0.05) is 17.1 Å². The van der Waals surface area contributed by atoms with Crippen LogP contribution in [-0.4, -0.2) is 31.4 Å². The van der Waals surface area contributed by atoms with E-state index in [4.69, 9.17) is 9.47 Å². The molecule has 25 heavy (non-hydrogen) atoms. The molecule has 1 N–H and O–H groups in total. The van der Waals surface area contributed by atoms with Crippen molar-refractivity contribution in [1.29, 1.82) is 0 Å². The van der Waals surface area contributed by atoms with Crippen LogP contribution in [0.1, 0.15) is 13.3 Å². The zero-order valence-electron chi connectivity index (χ0n) is 14.2. The third-order valence-corrected chi connectivity index (χ3v) is 4.25. The van der Waals surface area contributed by atoms with Gasteiger partial charge in [0.1, 0.15) is 23.9 Å². The summed E-state index contributed by atoms with van der Waals surface area (Å²) in [5.41, 5.74) is 0. The molecule has 0 unspecified atom stereocenters. The fourth-order valence-electron chi connectivity index (χ4n) is 2.04. The Hall–Kier alpha value is -2.21. The van der Waals surface area contributed by atoms with Gasteiger partial charge in [-0.25, -0.2) is 4.39 Å². The number of hydrogen-bond acceptors (Lipinski definition) is 4. The second kappa shape index (κ2) is 10.6. The topological polar surface area (TPSA) is 47.6 Å². The number of thioether (sulfide) groups is 1. The van der Waals surface area contributed by atoms with Gasteiger partial charge in [0.15, 0.2) is 0 Å². The predicted octanol–water partition coefficient (Wildman–Crippen LogP) is 3.90. The molecule has 0 saturated carbocycles. The lowest BCUT2D eigenvalue weighted by Gasteiger charge is -2.09. The average molecular weight is 363 g/mol. The highest BCUT2D eigenvalue weighted by molar-refractivity contribution is 7.99. The highest BCUT2D eigenvalue weighted by Gasteiger charge is 2.02. The molecule has 0 aliphatic heterocycles. The molecule has 6 heteroatoms. The van der Waals surface area contributed by atoms with E-state index in [9.17, 15) is 9.18 Å². The number of carbonyl (C=O) groups excluding carboxylic acids is 1. The van der Waals surface area contributed by atoms with E-state index in [-0.39, 0.29) is 11.7 Å². The summed E-state index contributed by atoms with van der Waals surface area (Å²) >= 11 is 1.53. The van der Waals surface area contributed by atoms with Gasteiger partial charge in [-0.05, 0) is 55.5 Å². The SMILES string of the molecule is CCOc1ccc(OCCNC(=O)CCSc2ccc(F)cc2)cc1. The number of amides is 1. The van der Waals surface area contributed by atoms with Gasteiger partial charge in [0.05, 0.1) is 13.2 Å². The summed E-state index contributed by atoms with van der Waals surface area (Å²) in [6.45, 7) is 3.43. The summed E-state index contributed by atoms with van der Waals surface area (Å²) in [7, 11) is 0. The minimum atomic E-state index is -0.255. The number of halogens is 1. The smallest absolute Gasteiger partial charge is 0.220 e. The van der Waals surface area contributed by atoms with Crippen LogP contribution < -0.4 is 14.8 Å². The summed E-state index contributed by atoms with van der Waals surface area (Å²) in [6, 6.07) is 13.6. The summed E-state index contributed by atoms with van der Waals surface area (Å²) < 4.78 is 23.7. The quantitative estimate of drug-likeness (QED) is 0.514. The fourth-order valence-corrected chi connectivity index (χ4v) is 2.89. The number of benzene rings is 2. The third-order valence-electron chi connectivity index (χ3n) is 3.24. The lowest BCUT2D eigenvalue weighted by Crippen LogP contribution is -2.28. The van der Waals surface area contributed by atoms with E-state index in [2.05, 4.69) is 5.32 Å². The Morgan fingerprint density at radius 3 is 2.32 bits per heavy atom. The molecule has 0 fully saturated rings. The molecule has 2 aromatic carbocycles.